The Morgan fingerprint density at radius 2 is 1.85 bits per heavy atom. The highest BCUT2D eigenvalue weighted by atomic mass is 15.3. The second-order valence-corrected chi connectivity index (χ2v) is 11.7. The van der Waals surface area contributed by atoms with Crippen LogP contribution in [0, 0.1) is 5.92 Å². The minimum Gasteiger partial charge on any atom is -0.381 e. The van der Waals surface area contributed by atoms with Crippen molar-refractivity contribution >= 4 is 16.6 Å². The molecule has 2 aliphatic heterocycles. The lowest BCUT2D eigenvalue weighted by Crippen LogP contribution is -2.71. The van der Waals surface area contributed by atoms with Gasteiger partial charge in [0.1, 0.15) is 0 Å². The van der Waals surface area contributed by atoms with Crippen molar-refractivity contribution in [2.75, 3.05) is 25.0 Å². The minimum absolute atomic E-state index is 0.327. The Morgan fingerprint density at radius 3 is 2.59 bits per heavy atom. The van der Waals surface area contributed by atoms with E-state index < -0.39 is 0 Å². The first kappa shape index (κ1) is 21.0. The molecular weight excluding hydrogens is 416 g/mol. The molecule has 4 nitrogen and oxygen atoms in total. The number of hydrogen-bond donors (Lipinski definition) is 2. The number of H-pyrrole nitrogens is 1. The predicted molar refractivity (Wildman–Crippen MR) is 140 cm³/mol. The third kappa shape index (κ3) is 3.18. The second-order valence-electron chi connectivity index (χ2n) is 11.7. The molecule has 3 atom stereocenters. The van der Waals surface area contributed by atoms with Gasteiger partial charge in [-0.05, 0) is 87.2 Å². The van der Waals surface area contributed by atoms with Crippen molar-refractivity contribution in [1.82, 2.24) is 14.8 Å². The van der Waals surface area contributed by atoms with Gasteiger partial charge in [-0.3, -0.25) is 4.90 Å². The SMILES string of the molecule is CCCN1CC[C@H](Nc2ccc([C@@H]3c4[nH]c5ccccc5c4C[C@@H](C)N3C34CC(C3)C4)cc2)C1. The summed E-state index contributed by atoms with van der Waals surface area (Å²) in [5.74, 6) is 0.988. The molecule has 0 unspecified atom stereocenters. The van der Waals surface area contributed by atoms with Gasteiger partial charge < -0.3 is 15.2 Å². The number of nitrogens with zero attached hydrogens (tertiary/aromatic N) is 2. The lowest BCUT2D eigenvalue weighted by Gasteiger charge is -2.70. The first-order chi connectivity index (χ1) is 16.6. The average molecular weight is 455 g/mol. The number of rotatable bonds is 6. The lowest BCUT2D eigenvalue weighted by molar-refractivity contribution is -0.174. The van der Waals surface area contributed by atoms with Crippen LogP contribution in [0.4, 0.5) is 5.69 Å². The summed E-state index contributed by atoms with van der Waals surface area (Å²) in [5.41, 5.74) is 7.42. The molecule has 0 amide bonds. The molecule has 0 spiro atoms. The van der Waals surface area contributed by atoms with E-state index in [1.807, 2.05) is 0 Å². The lowest BCUT2D eigenvalue weighted by atomic mass is 9.48. The molecule has 178 valence electrons. The Hall–Kier alpha value is -2.30. The standard InChI is InChI=1S/C30H38N4/c1-3-13-33-14-12-24(19-33)31-23-10-8-22(9-11-23)29-28-26(25-6-4-5-7-27(25)32-28)15-20(2)34(29)30-16-21(17-30)18-30/h4-11,20-21,24,29,31-32H,3,12-19H2,1-2H3/t20-,21?,24+,29-,30?/m1/s1. The summed E-state index contributed by atoms with van der Waals surface area (Å²) in [6.45, 7) is 8.37. The number of anilines is 1. The van der Waals surface area contributed by atoms with Gasteiger partial charge in [0.05, 0.1) is 6.04 Å². The first-order valence-electron chi connectivity index (χ1n) is 13.6. The maximum absolute atomic E-state index is 3.88. The topological polar surface area (TPSA) is 34.3 Å². The number of benzene rings is 2. The van der Waals surface area contributed by atoms with Crippen LogP contribution in [-0.4, -0.2) is 52.0 Å². The number of para-hydroxylation sites is 1. The van der Waals surface area contributed by atoms with Crippen LogP contribution in [0.1, 0.15) is 68.8 Å². The predicted octanol–water partition coefficient (Wildman–Crippen LogP) is 5.95. The van der Waals surface area contributed by atoms with Crippen molar-refractivity contribution in [3.05, 3.63) is 65.4 Å². The summed E-state index contributed by atoms with van der Waals surface area (Å²) in [7, 11) is 0. The van der Waals surface area contributed by atoms with Gasteiger partial charge >= 0.3 is 0 Å². The van der Waals surface area contributed by atoms with Crippen LogP contribution in [0.2, 0.25) is 0 Å². The van der Waals surface area contributed by atoms with Crippen LogP contribution in [0.3, 0.4) is 0 Å². The van der Waals surface area contributed by atoms with Gasteiger partial charge in [0.2, 0.25) is 0 Å². The molecule has 2 N–H and O–H groups in total. The molecule has 0 radical (unpaired) electrons. The van der Waals surface area contributed by atoms with E-state index in [0.29, 0.717) is 23.7 Å². The third-order valence-corrected chi connectivity index (χ3v) is 9.34. The van der Waals surface area contributed by atoms with Crippen molar-refractivity contribution in [2.45, 2.75) is 76.0 Å². The third-order valence-electron chi connectivity index (χ3n) is 9.34. The van der Waals surface area contributed by atoms with E-state index in [9.17, 15) is 0 Å². The number of fused-ring (bicyclic) bond motifs is 3. The molecule has 3 aliphatic carbocycles. The highest BCUT2D eigenvalue weighted by Gasteiger charge is 2.63. The molecule has 2 bridgehead atoms. The van der Waals surface area contributed by atoms with Gasteiger partial charge in [-0.15, -0.1) is 0 Å². The molecule has 8 rings (SSSR count). The van der Waals surface area contributed by atoms with Gasteiger partial charge in [0.15, 0.2) is 0 Å². The van der Waals surface area contributed by atoms with Gasteiger partial charge in [-0.25, -0.2) is 0 Å². The molecule has 1 aromatic heterocycles. The molecule has 3 saturated carbocycles. The molecule has 34 heavy (non-hydrogen) atoms. The van der Waals surface area contributed by atoms with Crippen molar-refractivity contribution in [3.8, 4) is 0 Å². The van der Waals surface area contributed by atoms with Crippen LogP contribution < -0.4 is 5.32 Å². The maximum Gasteiger partial charge on any atom is 0.0764 e. The van der Waals surface area contributed by atoms with E-state index in [1.54, 1.807) is 5.56 Å². The number of hydrogen-bond acceptors (Lipinski definition) is 3. The van der Waals surface area contributed by atoms with E-state index in [4.69, 9.17) is 0 Å². The van der Waals surface area contributed by atoms with Crippen LogP contribution in [0.15, 0.2) is 48.5 Å². The summed E-state index contributed by atoms with van der Waals surface area (Å²) in [6, 6.07) is 19.8. The first-order valence-corrected chi connectivity index (χ1v) is 13.6. The van der Waals surface area contributed by atoms with E-state index in [-0.39, 0.29) is 0 Å². The Labute approximate surface area is 203 Å². The van der Waals surface area contributed by atoms with Crippen molar-refractivity contribution in [2.24, 2.45) is 5.92 Å². The Bertz CT molecular complexity index is 1180. The number of aromatic nitrogens is 1. The molecule has 4 heteroatoms. The molecule has 2 aromatic carbocycles. The monoisotopic (exact) mass is 454 g/mol. The summed E-state index contributed by atoms with van der Waals surface area (Å²) in [5, 5.41) is 5.24. The van der Waals surface area contributed by atoms with Crippen LogP contribution >= 0.6 is 0 Å². The zero-order chi connectivity index (χ0) is 22.9. The highest BCUT2D eigenvalue weighted by Crippen LogP contribution is 2.64. The number of likely N-dealkylation sites (tertiary alicyclic amines) is 1. The van der Waals surface area contributed by atoms with Crippen LogP contribution in [-0.2, 0) is 6.42 Å². The van der Waals surface area contributed by atoms with Crippen molar-refractivity contribution in [3.63, 3.8) is 0 Å². The Balaban J connectivity index is 1.21. The summed E-state index contributed by atoms with van der Waals surface area (Å²) >= 11 is 0. The smallest absolute Gasteiger partial charge is 0.0764 e. The van der Waals surface area contributed by atoms with Gasteiger partial charge in [-0.2, -0.15) is 0 Å². The Kier molecular flexibility index (Phi) is 4.86. The molecule has 5 aliphatic rings. The zero-order valence-electron chi connectivity index (χ0n) is 20.7. The molecule has 3 heterocycles. The van der Waals surface area contributed by atoms with Gasteiger partial charge in [0.25, 0.3) is 0 Å². The highest BCUT2D eigenvalue weighted by molar-refractivity contribution is 5.85. The van der Waals surface area contributed by atoms with Gasteiger partial charge in [-0.1, -0.05) is 37.3 Å². The van der Waals surface area contributed by atoms with Crippen molar-refractivity contribution < 1.29 is 0 Å². The average Bonchev–Trinajstić information content (AvgIpc) is 3.37. The van der Waals surface area contributed by atoms with Crippen LogP contribution in [0.5, 0.6) is 0 Å². The number of nitrogens with one attached hydrogen (secondary N) is 2. The summed E-state index contributed by atoms with van der Waals surface area (Å²) in [6.07, 6.45) is 7.85. The molecular formula is C30H38N4. The molecule has 4 fully saturated rings. The van der Waals surface area contributed by atoms with E-state index >= 15 is 0 Å². The van der Waals surface area contributed by atoms with E-state index in [2.05, 4.69) is 82.5 Å². The zero-order valence-corrected chi connectivity index (χ0v) is 20.7. The molecule has 1 saturated heterocycles. The Morgan fingerprint density at radius 1 is 1.06 bits per heavy atom. The van der Waals surface area contributed by atoms with Crippen molar-refractivity contribution in [1.29, 1.82) is 0 Å². The fourth-order valence-corrected chi connectivity index (χ4v) is 7.75. The largest absolute Gasteiger partial charge is 0.381 e. The van der Waals surface area contributed by atoms with Gasteiger partial charge in [0, 0.05) is 53.0 Å². The van der Waals surface area contributed by atoms with E-state index in [0.717, 1.165) is 12.3 Å². The quantitative estimate of drug-likeness (QED) is 0.483. The summed E-state index contributed by atoms with van der Waals surface area (Å²) < 4.78 is 0. The minimum atomic E-state index is 0.327. The van der Waals surface area contributed by atoms with E-state index in [1.165, 1.54) is 79.6 Å². The normalized spacial score (nSPS) is 32.9. The summed E-state index contributed by atoms with van der Waals surface area (Å²) in [4.78, 5) is 9.38. The fraction of sp³-hybridized carbons (Fsp3) is 0.533. The second kappa shape index (κ2) is 7.86. The number of aromatic amines is 1. The van der Waals surface area contributed by atoms with Crippen LogP contribution in [0.25, 0.3) is 10.9 Å². The molecule has 3 aromatic rings. The fourth-order valence-electron chi connectivity index (χ4n) is 7.75. The maximum atomic E-state index is 3.88.